The van der Waals surface area contributed by atoms with Crippen LogP contribution in [0.5, 0.6) is 0 Å². The molecule has 3 aromatic rings. The molecule has 1 atom stereocenters. The van der Waals surface area contributed by atoms with Gasteiger partial charge in [0.25, 0.3) is 5.69 Å². The van der Waals surface area contributed by atoms with E-state index < -0.39 is 11.0 Å². The first kappa shape index (κ1) is 17.6. The van der Waals surface area contributed by atoms with Gasteiger partial charge in [0.1, 0.15) is 6.07 Å². The molecule has 0 aliphatic rings. The lowest BCUT2D eigenvalue weighted by molar-refractivity contribution is -0.384. The number of hydrogen-bond donors (Lipinski definition) is 2. The summed E-state index contributed by atoms with van der Waals surface area (Å²) in [6.07, 6.45) is 1.35. The Morgan fingerprint density at radius 1 is 1.35 bits per heavy atom. The number of nitriles is 1. The van der Waals surface area contributed by atoms with Crippen molar-refractivity contribution < 1.29 is 10.0 Å². The molecule has 130 valence electrons. The average molecular weight is 369 g/mol. The summed E-state index contributed by atoms with van der Waals surface area (Å²) in [6.45, 7) is -0.235. The van der Waals surface area contributed by atoms with Crippen molar-refractivity contribution in [2.75, 3.05) is 11.9 Å². The van der Waals surface area contributed by atoms with Gasteiger partial charge in [-0.3, -0.25) is 15.1 Å². The van der Waals surface area contributed by atoms with Crippen LogP contribution in [0.4, 0.5) is 11.4 Å². The number of halogens is 1. The summed E-state index contributed by atoms with van der Waals surface area (Å²) in [5.41, 5.74) is 1.47. The molecule has 0 bridgehead atoms. The van der Waals surface area contributed by atoms with Gasteiger partial charge in [-0.25, -0.2) is 0 Å². The summed E-state index contributed by atoms with van der Waals surface area (Å²) in [6, 6.07) is 13.2. The zero-order valence-corrected chi connectivity index (χ0v) is 14.1. The molecule has 3 rings (SSSR count). The van der Waals surface area contributed by atoms with E-state index in [1.165, 1.54) is 18.3 Å². The molecular weight excluding hydrogens is 356 g/mol. The molecule has 26 heavy (non-hydrogen) atoms. The topological polar surface area (TPSA) is 112 Å². The Kier molecular flexibility index (Phi) is 4.98. The predicted octanol–water partition coefficient (Wildman–Crippen LogP) is 3.81. The molecule has 0 radical (unpaired) electrons. The summed E-state index contributed by atoms with van der Waals surface area (Å²) in [4.78, 5) is 14.7. The molecule has 1 heterocycles. The summed E-state index contributed by atoms with van der Waals surface area (Å²) in [7, 11) is 0. The van der Waals surface area contributed by atoms with Gasteiger partial charge in [-0.15, -0.1) is 0 Å². The first-order valence-corrected chi connectivity index (χ1v) is 8.02. The lowest BCUT2D eigenvalue weighted by Crippen LogP contribution is -2.16. The van der Waals surface area contributed by atoms with Gasteiger partial charge in [-0.1, -0.05) is 41.9 Å². The van der Waals surface area contributed by atoms with Crippen molar-refractivity contribution in [3.8, 4) is 6.07 Å². The minimum atomic E-state index is -0.561. The summed E-state index contributed by atoms with van der Waals surface area (Å²) < 4.78 is 0. The molecule has 2 aromatic carbocycles. The minimum Gasteiger partial charge on any atom is -0.394 e. The monoisotopic (exact) mass is 368 g/mol. The van der Waals surface area contributed by atoms with E-state index in [0.717, 1.165) is 5.56 Å². The van der Waals surface area contributed by atoms with E-state index in [-0.39, 0.29) is 22.9 Å². The first-order chi connectivity index (χ1) is 12.5. The van der Waals surface area contributed by atoms with Gasteiger partial charge >= 0.3 is 0 Å². The molecule has 0 fully saturated rings. The van der Waals surface area contributed by atoms with E-state index in [1.54, 1.807) is 0 Å². The largest absolute Gasteiger partial charge is 0.394 e. The number of nitrogens with one attached hydrogen (secondary N) is 1. The molecule has 0 amide bonds. The number of nitro groups is 1. The molecule has 1 aromatic heterocycles. The maximum Gasteiger partial charge on any atom is 0.271 e. The number of pyridine rings is 1. The van der Waals surface area contributed by atoms with Crippen LogP contribution in [0.25, 0.3) is 10.9 Å². The second kappa shape index (κ2) is 7.35. The molecular formula is C18H13ClN4O3. The third kappa shape index (κ3) is 3.28. The SMILES string of the molecule is N#Cc1cnc2c(Cl)cc([N+](=O)[O-])cc2c1N[C@H](CO)c1ccccc1. The zero-order valence-electron chi connectivity index (χ0n) is 13.4. The van der Waals surface area contributed by atoms with Gasteiger partial charge in [-0.2, -0.15) is 5.26 Å². The highest BCUT2D eigenvalue weighted by Crippen LogP contribution is 2.35. The van der Waals surface area contributed by atoms with Crippen molar-refractivity contribution in [3.63, 3.8) is 0 Å². The van der Waals surface area contributed by atoms with Crippen LogP contribution < -0.4 is 5.32 Å². The van der Waals surface area contributed by atoms with Crippen molar-refractivity contribution in [1.82, 2.24) is 4.98 Å². The van der Waals surface area contributed by atoms with Gasteiger partial charge in [0.2, 0.25) is 0 Å². The summed E-state index contributed by atoms with van der Waals surface area (Å²) in [5.74, 6) is 0. The Morgan fingerprint density at radius 2 is 2.08 bits per heavy atom. The van der Waals surface area contributed by atoms with E-state index in [9.17, 15) is 20.5 Å². The number of nitrogens with zero attached hydrogens (tertiary/aromatic N) is 3. The standard InChI is InChI=1S/C18H13ClN4O3/c19-15-7-13(23(25)26)6-14-17(12(8-20)9-21-18(14)15)22-16(10-24)11-4-2-1-3-5-11/h1-7,9,16,24H,10H2,(H,21,22)/t16-/m1/s1. The number of benzene rings is 2. The van der Waals surface area contributed by atoms with Crippen LogP contribution in [0.3, 0.4) is 0 Å². The number of rotatable bonds is 5. The number of non-ortho nitro benzene ring substituents is 1. The van der Waals surface area contributed by atoms with E-state index in [2.05, 4.69) is 10.3 Å². The van der Waals surface area contributed by atoms with E-state index in [1.807, 2.05) is 36.4 Å². The zero-order chi connectivity index (χ0) is 18.7. The quantitative estimate of drug-likeness (QED) is 0.523. The molecule has 8 heteroatoms. The molecule has 0 saturated carbocycles. The van der Waals surface area contributed by atoms with Crippen LogP contribution in [0.2, 0.25) is 5.02 Å². The Labute approximate surface area is 153 Å². The maximum atomic E-state index is 11.2. The smallest absolute Gasteiger partial charge is 0.271 e. The van der Waals surface area contributed by atoms with Crippen molar-refractivity contribution >= 4 is 33.9 Å². The minimum absolute atomic E-state index is 0.113. The number of anilines is 1. The average Bonchev–Trinajstić information content (AvgIpc) is 2.66. The van der Waals surface area contributed by atoms with Crippen LogP contribution >= 0.6 is 11.6 Å². The lowest BCUT2D eigenvalue weighted by atomic mass is 10.0. The second-order valence-corrected chi connectivity index (χ2v) is 5.94. The van der Waals surface area contributed by atoms with E-state index >= 15 is 0 Å². The Bertz CT molecular complexity index is 1020. The van der Waals surface area contributed by atoms with Crippen molar-refractivity contribution in [2.45, 2.75) is 6.04 Å². The summed E-state index contributed by atoms with van der Waals surface area (Å²) in [5, 5.41) is 33.9. The van der Waals surface area contributed by atoms with Crippen molar-refractivity contribution in [3.05, 3.63) is 74.9 Å². The normalized spacial score (nSPS) is 11.7. The van der Waals surface area contributed by atoms with Crippen LogP contribution in [0, 0.1) is 21.4 Å². The third-order valence-electron chi connectivity index (χ3n) is 3.94. The highest BCUT2D eigenvalue weighted by atomic mass is 35.5. The number of aliphatic hydroxyl groups is 1. The number of aromatic nitrogens is 1. The van der Waals surface area contributed by atoms with Crippen LogP contribution in [-0.4, -0.2) is 21.6 Å². The maximum absolute atomic E-state index is 11.2. The van der Waals surface area contributed by atoms with Gasteiger partial charge in [-0.05, 0) is 5.56 Å². The van der Waals surface area contributed by atoms with E-state index in [0.29, 0.717) is 16.6 Å². The molecule has 2 N–H and O–H groups in total. The molecule has 0 saturated heterocycles. The van der Waals surface area contributed by atoms with Crippen LogP contribution in [0.15, 0.2) is 48.7 Å². The molecule has 0 aliphatic carbocycles. The molecule has 0 spiro atoms. The third-order valence-corrected chi connectivity index (χ3v) is 4.23. The second-order valence-electron chi connectivity index (χ2n) is 5.53. The number of fused-ring (bicyclic) bond motifs is 1. The van der Waals surface area contributed by atoms with E-state index in [4.69, 9.17) is 11.6 Å². The van der Waals surface area contributed by atoms with Crippen molar-refractivity contribution in [2.24, 2.45) is 0 Å². The fourth-order valence-corrected chi connectivity index (χ4v) is 2.95. The van der Waals surface area contributed by atoms with Gasteiger partial charge in [0.05, 0.1) is 39.4 Å². The molecule has 7 nitrogen and oxygen atoms in total. The fraction of sp³-hybridized carbons (Fsp3) is 0.111. The fourth-order valence-electron chi connectivity index (χ4n) is 2.68. The van der Waals surface area contributed by atoms with Gasteiger partial charge in [0.15, 0.2) is 0 Å². The van der Waals surface area contributed by atoms with Crippen LogP contribution in [-0.2, 0) is 0 Å². The molecule has 0 aliphatic heterocycles. The molecule has 0 unspecified atom stereocenters. The Morgan fingerprint density at radius 3 is 2.69 bits per heavy atom. The van der Waals surface area contributed by atoms with Gasteiger partial charge in [0, 0.05) is 23.7 Å². The Hall–Kier alpha value is -3.21. The van der Waals surface area contributed by atoms with Gasteiger partial charge < -0.3 is 10.4 Å². The highest BCUT2D eigenvalue weighted by Gasteiger charge is 2.19. The van der Waals surface area contributed by atoms with Crippen LogP contribution in [0.1, 0.15) is 17.2 Å². The first-order valence-electron chi connectivity index (χ1n) is 7.64. The predicted molar refractivity (Wildman–Crippen MR) is 98.0 cm³/mol. The lowest BCUT2D eigenvalue weighted by Gasteiger charge is -2.20. The number of nitro benzene ring substituents is 1. The number of hydrogen-bond acceptors (Lipinski definition) is 6. The Balaban J connectivity index is 2.19. The summed E-state index contributed by atoms with van der Waals surface area (Å²) >= 11 is 6.13. The highest BCUT2D eigenvalue weighted by molar-refractivity contribution is 6.35. The number of aliphatic hydroxyl groups excluding tert-OH is 1. The van der Waals surface area contributed by atoms with Crippen molar-refractivity contribution in [1.29, 1.82) is 5.26 Å².